The SMILES string of the molecule is CPc1ccc(-c2ccc(C)cc2)c(O)c1. The van der Waals surface area contributed by atoms with Crippen LogP contribution in [-0.2, 0) is 0 Å². The summed E-state index contributed by atoms with van der Waals surface area (Å²) in [5, 5.41) is 11.1. The van der Waals surface area contributed by atoms with Crippen molar-refractivity contribution in [2.45, 2.75) is 6.92 Å². The molecule has 0 bridgehead atoms. The van der Waals surface area contributed by atoms with E-state index in [1.54, 1.807) is 0 Å². The molecule has 0 amide bonds. The van der Waals surface area contributed by atoms with Crippen LogP contribution in [0.5, 0.6) is 5.75 Å². The van der Waals surface area contributed by atoms with E-state index < -0.39 is 0 Å². The Morgan fingerprint density at radius 3 is 2.25 bits per heavy atom. The average molecular weight is 230 g/mol. The third-order valence-electron chi connectivity index (χ3n) is 2.65. The molecule has 0 heterocycles. The Balaban J connectivity index is 2.44. The minimum absolute atomic E-state index is 0.371. The first-order valence-corrected chi connectivity index (χ1v) is 6.78. The molecule has 1 atom stereocenters. The quantitative estimate of drug-likeness (QED) is 0.785. The van der Waals surface area contributed by atoms with Crippen LogP contribution < -0.4 is 5.30 Å². The largest absolute Gasteiger partial charge is 0.507 e. The number of benzene rings is 2. The number of phenolic OH excluding ortho intramolecular Hbond substituents is 1. The molecule has 0 aromatic heterocycles. The van der Waals surface area contributed by atoms with Crippen molar-refractivity contribution in [3.63, 3.8) is 0 Å². The molecule has 0 saturated carbocycles. The van der Waals surface area contributed by atoms with Gasteiger partial charge in [0, 0.05) is 5.56 Å². The number of hydrogen-bond acceptors (Lipinski definition) is 1. The normalized spacial score (nSPS) is 11.1. The van der Waals surface area contributed by atoms with E-state index in [-0.39, 0.29) is 0 Å². The lowest BCUT2D eigenvalue weighted by atomic mass is 10.0. The molecular formula is C14H15OP. The standard InChI is InChI=1S/C14H15OP/c1-10-3-5-11(6-4-10)13-8-7-12(16-2)9-14(13)15/h3-9,15-16H,1-2H3. The Kier molecular flexibility index (Phi) is 3.26. The zero-order valence-electron chi connectivity index (χ0n) is 9.49. The van der Waals surface area contributed by atoms with Crippen LogP contribution in [0.4, 0.5) is 0 Å². The number of aromatic hydroxyl groups is 1. The van der Waals surface area contributed by atoms with Gasteiger partial charge in [-0.3, -0.25) is 0 Å². The molecule has 82 valence electrons. The van der Waals surface area contributed by atoms with Gasteiger partial charge in [0.2, 0.25) is 0 Å². The molecule has 0 aliphatic carbocycles. The third-order valence-corrected chi connectivity index (χ3v) is 3.54. The Bertz CT molecular complexity index is 489. The molecule has 2 aromatic rings. The maximum absolute atomic E-state index is 9.95. The van der Waals surface area contributed by atoms with Gasteiger partial charge in [-0.1, -0.05) is 50.5 Å². The minimum atomic E-state index is 0.371. The number of phenols is 1. The highest BCUT2D eigenvalue weighted by atomic mass is 31.1. The predicted octanol–water partition coefficient (Wildman–Crippen LogP) is 3.30. The number of hydrogen-bond donors (Lipinski definition) is 1. The molecule has 0 aliphatic heterocycles. The fourth-order valence-corrected chi connectivity index (χ4v) is 2.20. The second-order valence-electron chi connectivity index (χ2n) is 3.85. The van der Waals surface area contributed by atoms with Crippen molar-refractivity contribution in [2.75, 3.05) is 6.66 Å². The molecule has 0 spiro atoms. The molecule has 2 rings (SSSR count). The van der Waals surface area contributed by atoms with E-state index >= 15 is 0 Å². The highest BCUT2D eigenvalue weighted by Gasteiger charge is 2.04. The fourth-order valence-electron chi connectivity index (χ4n) is 1.66. The molecule has 0 aliphatic rings. The summed E-state index contributed by atoms with van der Waals surface area (Å²) in [6, 6.07) is 14.1. The molecule has 2 heteroatoms. The maximum atomic E-state index is 9.95. The first-order chi connectivity index (χ1) is 7.70. The second-order valence-corrected chi connectivity index (χ2v) is 4.93. The smallest absolute Gasteiger partial charge is 0.124 e. The van der Waals surface area contributed by atoms with Crippen molar-refractivity contribution < 1.29 is 5.11 Å². The van der Waals surface area contributed by atoms with Gasteiger partial charge < -0.3 is 5.11 Å². The van der Waals surface area contributed by atoms with Crippen LogP contribution in [0.3, 0.4) is 0 Å². The van der Waals surface area contributed by atoms with E-state index in [1.165, 1.54) is 10.9 Å². The molecular weight excluding hydrogens is 215 g/mol. The first-order valence-electron chi connectivity index (χ1n) is 5.28. The number of aryl methyl sites for hydroxylation is 1. The van der Waals surface area contributed by atoms with Gasteiger partial charge in [0.05, 0.1) is 0 Å². The Morgan fingerprint density at radius 2 is 1.69 bits per heavy atom. The van der Waals surface area contributed by atoms with Crippen molar-refractivity contribution in [3.05, 3.63) is 48.0 Å². The van der Waals surface area contributed by atoms with Crippen molar-refractivity contribution in [1.82, 2.24) is 0 Å². The molecule has 16 heavy (non-hydrogen) atoms. The van der Waals surface area contributed by atoms with Gasteiger partial charge in [0.25, 0.3) is 0 Å². The molecule has 1 N–H and O–H groups in total. The monoisotopic (exact) mass is 230 g/mol. The van der Waals surface area contributed by atoms with Gasteiger partial charge in [-0.05, 0) is 30.5 Å². The summed E-state index contributed by atoms with van der Waals surface area (Å²) in [6.45, 7) is 4.17. The summed E-state index contributed by atoms with van der Waals surface area (Å²) in [5.74, 6) is 0.371. The van der Waals surface area contributed by atoms with Crippen LogP contribution in [-0.4, -0.2) is 11.8 Å². The number of rotatable bonds is 2. The summed E-state index contributed by atoms with van der Waals surface area (Å²) in [5.41, 5.74) is 3.20. The Hall–Kier alpha value is -1.33. The average Bonchev–Trinajstić information content (AvgIpc) is 2.30. The summed E-state index contributed by atoms with van der Waals surface area (Å²) in [7, 11) is 0.718. The van der Waals surface area contributed by atoms with Crippen LogP contribution in [0.15, 0.2) is 42.5 Å². The van der Waals surface area contributed by atoms with Gasteiger partial charge in [-0.2, -0.15) is 0 Å². The van der Waals surface area contributed by atoms with Gasteiger partial charge in [-0.25, -0.2) is 0 Å². The molecule has 0 fully saturated rings. The van der Waals surface area contributed by atoms with Crippen molar-refractivity contribution in [1.29, 1.82) is 0 Å². The van der Waals surface area contributed by atoms with Gasteiger partial charge in [0.1, 0.15) is 5.75 Å². The zero-order chi connectivity index (χ0) is 11.5. The molecule has 0 radical (unpaired) electrons. The van der Waals surface area contributed by atoms with Crippen molar-refractivity contribution in [2.24, 2.45) is 0 Å². The summed E-state index contributed by atoms with van der Waals surface area (Å²) < 4.78 is 0. The van der Waals surface area contributed by atoms with E-state index in [0.29, 0.717) is 5.75 Å². The van der Waals surface area contributed by atoms with E-state index in [2.05, 4.69) is 31.8 Å². The van der Waals surface area contributed by atoms with Crippen molar-refractivity contribution in [3.8, 4) is 16.9 Å². The lowest BCUT2D eigenvalue weighted by Gasteiger charge is -2.07. The molecule has 1 unspecified atom stereocenters. The lowest BCUT2D eigenvalue weighted by Crippen LogP contribution is -1.92. The van der Waals surface area contributed by atoms with Crippen LogP contribution in [0, 0.1) is 6.92 Å². The highest BCUT2D eigenvalue weighted by molar-refractivity contribution is 7.46. The zero-order valence-corrected chi connectivity index (χ0v) is 10.5. The second kappa shape index (κ2) is 4.67. The van der Waals surface area contributed by atoms with Gasteiger partial charge in [0.15, 0.2) is 0 Å². The molecule has 0 saturated heterocycles. The topological polar surface area (TPSA) is 20.2 Å². The van der Waals surface area contributed by atoms with Crippen LogP contribution in [0.2, 0.25) is 0 Å². The first kappa shape index (κ1) is 11.2. The Labute approximate surface area is 97.9 Å². The molecule has 1 nitrogen and oxygen atoms in total. The summed E-state index contributed by atoms with van der Waals surface area (Å²) in [6.07, 6.45) is 0. The van der Waals surface area contributed by atoms with E-state index in [4.69, 9.17) is 0 Å². The Morgan fingerprint density at radius 1 is 1.00 bits per heavy atom. The minimum Gasteiger partial charge on any atom is -0.507 e. The maximum Gasteiger partial charge on any atom is 0.124 e. The van der Waals surface area contributed by atoms with Gasteiger partial charge in [-0.15, -0.1) is 0 Å². The lowest BCUT2D eigenvalue weighted by molar-refractivity contribution is 0.478. The van der Waals surface area contributed by atoms with E-state index in [9.17, 15) is 5.11 Å². The molecule has 2 aromatic carbocycles. The van der Waals surface area contributed by atoms with Crippen molar-refractivity contribution >= 4 is 13.9 Å². The predicted molar refractivity (Wildman–Crippen MR) is 72.2 cm³/mol. The fraction of sp³-hybridized carbons (Fsp3) is 0.143. The van der Waals surface area contributed by atoms with Crippen LogP contribution in [0.25, 0.3) is 11.1 Å². The van der Waals surface area contributed by atoms with Crippen LogP contribution in [0.1, 0.15) is 5.56 Å². The van der Waals surface area contributed by atoms with E-state index in [0.717, 1.165) is 19.7 Å². The highest BCUT2D eigenvalue weighted by Crippen LogP contribution is 2.29. The summed E-state index contributed by atoms with van der Waals surface area (Å²) >= 11 is 0. The van der Waals surface area contributed by atoms with Gasteiger partial charge >= 0.3 is 0 Å². The third kappa shape index (κ3) is 2.25. The summed E-state index contributed by atoms with van der Waals surface area (Å²) in [4.78, 5) is 0. The van der Waals surface area contributed by atoms with Crippen LogP contribution >= 0.6 is 8.58 Å². The van der Waals surface area contributed by atoms with E-state index in [1.807, 2.05) is 24.3 Å².